The molecule has 0 aliphatic carbocycles. The maximum atomic E-state index is 13.1. The first-order chi connectivity index (χ1) is 12.4. The van der Waals surface area contributed by atoms with Crippen LogP contribution in [0.2, 0.25) is 0 Å². The molecule has 0 bridgehead atoms. The average molecular weight is 372 g/mol. The van der Waals surface area contributed by atoms with Crippen LogP contribution in [0, 0.1) is 0 Å². The molecule has 0 spiro atoms. The minimum absolute atomic E-state index is 0.103. The zero-order chi connectivity index (χ0) is 18.9. The fourth-order valence-corrected chi connectivity index (χ4v) is 4.52. The molecule has 0 saturated carbocycles. The Hall–Kier alpha value is -2.67. The highest BCUT2D eigenvalue weighted by Crippen LogP contribution is 2.37. The number of carbonyl (C=O) groups is 2. The van der Waals surface area contributed by atoms with Crippen molar-refractivity contribution in [2.24, 2.45) is 0 Å². The van der Waals surface area contributed by atoms with Crippen molar-refractivity contribution in [2.75, 3.05) is 15.7 Å². The van der Waals surface area contributed by atoms with Crippen LogP contribution in [0.1, 0.15) is 37.0 Å². The molecular formula is C19H20N2O4S. The molecule has 1 aliphatic rings. The van der Waals surface area contributed by atoms with Crippen LogP contribution in [0.15, 0.2) is 53.4 Å². The molecule has 2 aromatic rings. The molecule has 2 aromatic carbocycles. The number of hydrogen-bond donors (Lipinski definition) is 0. The number of urea groups is 1. The molecule has 0 N–H and O–H groups in total. The van der Waals surface area contributed by atoms with Crippen LogP contribution in [0.25, 0.3) is 0 Å². The first-order valence-corrected chi connectivity index (χ1v) is 9.88. The summed E-state index contributed by atoms with van der Waals surface area (Å²) in [7, 11) is -4.02. The molecule has 6 nitrogen and oxygen atoms in total. The van der Waals surface area contributed by atoms with Gasteiger partial charge in [-0.25, -0.2) is 13.2 Å². The van der Waals surface area contributed by atoms with E-state index in [9.17, 15) is 18.0 Å². The number of amides is 2. The molecule has 0 unspecified atom stereocenters. The van der Waals surface area contributed by atoms with Gasteiger partial charge in [-0.15, -0.1) is 0 Å². The first-order valence-electron chi connectivity index (χ1n) is 8.44. The zero-order valence-corrected chi connectivity index (χ0v) is 15.5. The molecule has 1 heterocycles. The monoisotopic (exact) mass is 372 g/mol. The fourth-order valence-electron chi connectivity index (χ4n) is 2.93. The van der Waals surface area contributed by atoms with E-state index in [-0.39, 0.29) is 16.4 Å². The number of rotatable bonds is 5. The molecule has 0 fully saturated rings. The van der Waals surface area contributed by atoms with Gasteiger partial charge in [-0.1, -0.05) is 25.5 Å². The third-order valence-corrected chi connectivity index (χ3v) is 6.07. The number of Topliss-reactive ketones (excluding diaryl/α,β-unsaturated/α-hetero) is 1. The van der Waals surface area contributed by atoms with Crippen molar-refractivity contribution in [3.05, 3.63) is 54.1 Å². The Bertz CT molecular complexity index is 952. The lowest BCUT2D eigenvalue weighted by molar-refractivity contribution is 0.101. The van der Waals surface area contributed by atoms with E-state index >= 15 is 0 Å². The maximum absolute atomic E-state index is 13.1. The summed E-state index contributed by atoms with van der Waals surface area (Å²) in [6.45, 7) is 3.87. The third-order valence-electron chi connectivity index (χ3n) is 4.32. The SMILES string of the molecule is CCCCN1C(=O)N(c2ccc(C(C)=O)cc2)S(=O)(=O)c2ccccc21. The minimum atomic E-state index is -4.02. The highest BCUT2D eigenvalue weighted by Gasteiger charge is 2.42. The van der Waals surface area contributed by atoms with Crippen LogP contribution in [-0.4, -0.2) is 26.8 Å². The van der Waals surface area contributed by atoms with E-state index in [1.807, 2.05) is 6.92 Å². The molecule has 7 heteroatoms. The van der Waals surface area contributed by atoms with E-state index in [2.05, 4.69) is 0 Å². The number of anilines is 2. The van der Waals surface area contributed by atoms with Crippen molar-refractivity contribution in [1.29, 1.82) is 0 Å². The van der Waals surface area contributed by atoms with Crippen molar-refractivity contribution >= 4 is 33.2 Å². The molecule has 1 aliphatic heterocycles. The first kappa shape index (κ1) is 18.1. The molecule has 0 atom stereocenters. The zero-order valence-electron chi connectivity index (χ0n) is 14.7. The van der Waals surface area contributed by atoms with Gasteiger partial charge in [0.15, 0.2) is 5.78 Å². The van der Waals surface area contributed by atoms with Crippen LogP contribution in [0.3, 0.4) is 0 Å². The van der Waals surface area contributed by atoms with E-state index in [0.717, 1.165) is 17.1 Å². The second-order valence-corrected chi connectivity index (χ2v) is 7.88. The van der Waals surface area contributed by atoms with E-state index in [1.165, 1.54) is 42.2 Å². The normalized spacial score (nSPS) is 15.7. The molecular weight excluding hydrogens is 352 g/mol. The Labute approximate surface area is 153 Å². The van der Waals surface area contributed by atoms with Crippen molar-refractivity contribution in [3.8, 4) is 0 Å². The van der Waals surface area contributed by atoms with Crippen LogP contribution < -0.4 is 9.21 Å². The van der Waals surface area contributed by atoms with Crippen LogP contribution >= 0.6 is 0 Å². The van der Waals surface area contributed by atoms with Gasteiger partial charge in [-0.2, -0.15) is 4.31 Å². The van der Waals surface area contributed by atoms with Crippen molar-refractivity contribution in [3.63, 3.8) is 0 Å². The third kappa shape index (κ3) is 2.99. The van der Waals surface area contributed by atoms with Gasteiger partial charge in [0.1, 0.15) is 4.90 Å². The highest BCUT2D eigenvalue weighted by atomic mass is 32.2. The summed E-state index contributed by atoms with van der Waals surface area (Å²) in [4.78, 5) is 26.1. The summed E-state index contributed by atoms with van der Waals surface area (Å²) >= 11 is 0. The molecule has 0 radical (unpaired) electrons. The number of nitrogens with zero attached hydrogens (tertiary/aromatic N) is 2. The van der Waals surface area contributed by atoms with Gasteiger partial charge < -0.3 is 0 Å². The molecule has 2 amide bonds. The van der Waals surface area contributed by atoms with Crippen molar-refractivity contribution in [1.82, 2.24) is 0 Å². The lowest BCUT2D eigenvalue weighted by Crippen LogP contribution is -2.51. The number of unbranched alkanes of at least 4 members (excludes halogenated alkanes) is 1. The number of fused-ring (bicyclic) bond motifs is 1. The number of benzene rings is 2. The smallest absolute Gasteiger partial charge is 0.295 e. The van der Waals surface area contributed by atoms with Gasteiger partial charge in [0.2, 0.25) is 0 Å². The standard InChI is InChI=1S/C19H20N2O4S/c1-3-4-13-20-17-7-5-6-8-18(17)26(24,25)21(19(20)23)16-11-9-15(10-12-16)14(2)22/h5-12H,3-4,13H2,1-2H3. The average Bonchev–Trinajstić information content (AvgIpc) is 2.62. The number of para-hydroxylation sites is 1. The Morgan fingerprint density at radius 3 is 2.31 bits per heavy atom. The largest absolute Gasteiger partial charge is 0.343 e. The molecule has 26 heavy (non-hydrogen) atoms. The van der Waals surface area contributed by atoms with Gasteiger partial charge in [0.25, 0.3) is 10.0 Å². The quantitative estimate of drug-likeness (QED) is 0.748. The molecule has 0 saturated heterocycles. The van der Waals surface area contributed by atoms with E-state index in [1.54, 1.807) is 18.2 Å². The van der Waals surface area contributed by atoms with E-state index < -0.39 is 16.1 Å². The number of ketones is 1. The summed E-state index contributed by atoms with van der Waals surface area (Å²) in [5.41, 5.74) is 1.08. The lowest BCUT2D eigenvalue weighted by atomic mass is 10.1. The van der Waals surface area contributed by atoms with Gasteiger partial charge in [-0.05, 0) is 49.7 Å². The van der Waals surface area contributed by atoms with Gasteiger partial charge in [0.05, 0.1) is 11.4 Å². The predicted molar refractivity (Wildman–Crippen MR) is 100 cm³/mol. The summed E-state index contributed by atoms with van der Waals surface area (Å²) < 4.78 is 26.9. The Balaban J connectivity index is 2.13. The number of hydrogen-bond acceptors (Lipinski definition) is 4. The predicted octanol–water partition coefficient (Wildman–Crippen LogP) is 3.82. The van der Waals surface area contributed by atoms with Gasteiger partial charge >= 0.3 is 6.03 Å². The molecule has 3 rings (SSSR count). The molecule has 136 valence electrons. The summed E-state index contributed by atoms with van der Waals surface area (Å²) in [5.74, 6) is -0.126. The number of sulfonamides is 1. The number of carbonyl (C=O) groups excluding carboxylic acids is 2. The van der Waals surface area contributed by atoms with Gasteiger partial charge in [-0.3, -0.25) is 9.69 Å². The van der Waals surface area contributed by atoms with Gasteiger partial charge in [0, 0.05) is 12.1 Å². The Morgan fingerprint density at radius 1 is 1.04 bits per heavy atom. The fraction of sp³-hybridized carbons (Fsp3) is 0.263. The minimum Gasteiger partial charge on any atom is -0.295 e. The summed E-state index contributed by atoms with van der Waals surface area (Å²) in [6.07, 6.45) is 1.64. The van der Waals surface area contributed by atoms with Crippen LogP contribution in [0.4, 0.5) is 16.2 Å². The lowest BCUT2D eigenvalue weighted by Gasteiger charge is -2.36. The second-order valence-electron chi connectivity index (χ2n) is 6.13. The Morgan fingerprint density at radius 2 is 1.69 bits per heavy atom. The van der Waals surface area contributed by atoms with Crippen LogP contribution in [-0.2, 0) is 10.0 Å². The topological polar surface area (TPSA) is 74.8 Å². The Kier molecular flexibility index (Phi) is 4.82. The van der Waals surface area contributed by atoms with Crippen LogP contribution in [0.5, 0.6) is 0 Å². The second kappa shape index (κ2) is 6.92. The highest BCUT2D eigenvalue weighted by molar-refractivity contribution is 7.94. The van der Waals surface area contributed by atoms with E-state index in [0.29, 0.717) is 17.8 Å². The summed E-state index contributed by atoms with van der Waals surface area (Å²) in [5, 5.41) is 0. The van der Waals surface area contributed by atoms with Crippen molar-refractivity contribution < 1.29 is 18.0 Å². The van der Waals surface area contributed by atoms with E-state index in [4.69, 9.17) is 0 Å². The maximum Gasteiger partial charge on any atom is 0.343 e. The molecule has 0 aromatic heterocycles. The summed E-state index contributed by atoms with van der Waals surface area (Å²) in [6, 6.07) is 11.9. The van der Waals surface area contributed by atoms with Crippen molar-refractivity contribution in [2.45, 2.75) is 31.6 Å².